The lowest BCUT2D eigenvalue weighted by Crippen LogP contribution is -2.43. The molecule has 0 aromatic heterocycles. The molecule has 4 rings (SSSR count). The summed E-state index contributed by atoms with van der Waals surface area (Å²) in [6, 6.07) is 13.7. The molecule has 0 saturated carbocycles. The highest BCUT2D eigenvalue weighted by molar-refractivity contribution is 7.99. The molecule has 2 aromatic carbocycles. The molecule has 1 unspecified atom stereocenters. The van der Waals surface area contributed by atoms with Crippen LogP contribution in [0, 0.1) is 0 Å². The van der Waals surface area contributed by atoms with Gasteiger partial charge in [-0.2, -0.15) is 0 Å². The third kappa shape index (κ3) is 4.16. The lowest BCUT2D eigenvalue weighted by Gasteiger charge is -2.36. The van der Waals surface area contributed by atoms with Crippen molar-refractivity contribution in [1.82, 2.24) is 4.90 Å². The van der Waals surface area contributed by atoms with Crippen molar-refractivity contribution < 1.29 is 23.9 Å². The number of fused-ring (bicyclic) bond motifs is 2. The van der Waals surface area contributed by atoms with Gasteiger partial charge in [0.25, 0.3) is 0 Å². The molecule has 32 heavy (non-hydrogen) atoms. The van der Waals surface area contributed by atoms with Gasteiger partial charge in [-0.25, -0.2) is 9.59 Å². The summed E-state index contributed by atoms with van der Waals surface area (Å²) < 4.78 is 10.3. The van der Waals surface area contributed by atoms with Gasteiger partial charge >= 0.3 is 17.7 Å². The molecule has 2 heterocycles. The molecule has 1 atom stereocenters. The van der Waals surface area contributed by atoms with Gasteiger partial charge in [0.15, 0.2) is 0 Å². The van der Waals surface area contributed by atoms with Crippen molar-refractivity contribution in [3.05, 3.63) is 60.2 Å². The van der Waals surface area contributed by atoms with Crippen LogP contribution in [-0.4, -0.2) is 55.1 Å². The molecule has 0 aliphatic carbocycles. The SMILES string of the molecule is CC(CN1c2ccccc2Sc2ccc(C(=O)C3(C)OC(=O)C=CC(=O)O3)cc21)N(C)C. The third-order valence-electron chi connectivity index (χ3n) is 5.57. The molecule has 2 aliphatic heterocycles. The molecule has 166 valence electrons. The van der Waals surface area contributed by atoms with Crippen LogP contribution in [0.3, 0.4) is 0 Å². The van der Waals surface area contributed by atoms with Gasteiger partial charge in [-0.1, -0.05) is 23.9 Å². The summed E-state index contributed by atoms with van der Waals surface area (Å²) in [5.41, 5.74) is 2.23. The molecule has 0 spiro atoms. The summed E-state index contributed by atoms with van der Waals surface area (Å²) in [7, 11) is 4.06. The standard InChI is InChI=1S/C24H24N2O5S/c1-15(25(3)4)14-26-17-7-5-6-8-19(17)32-20-10-9-16(13-18(20)26)23(29)24(2)30-21(27)11-12-22(28)31-24/h5-13,15H,14H2,1-4H3. The summed E-state index contributed by atoms with van der Waals surface area (Å²) in [5, 5.41) is 0. The molecule has 0 saturated heterocycles. The number of hydrogen-bond donors (Lipinski definition) is 0. The Bertz CT molecular complexity index is 1110. The Balaban J connectivity index is 1.74. The number of benzene rings is 2. The molecular weight excluding hydrogens is 428 g/mol. The number of ether oxygens (including phenoxy) is 2. The molecule has 7 nitrogen and oxygen atoms in total. The number of hydrogen-bond acceptors (Lipinski definition) is 8. The van der Waals surface area contributed by atoms with E-state index in [1.807, 2.05) is 32.3 Å². The van der Waals surface area contributed by atoms with Crippen LogP contribution in [0.4, 0.5) is 11.4 Å². The quantitative estimate of drug-likeness (QED) is 0.501. The van der Waals surface area contributed by atoms with E-state index in [1.54, 1.807) is 23.9 Å². The van der Waals surface area contributed by atoms with E-state index >= 15 is 0 Å². The van der Waals surface area contributed by atoms with E-state index in [4.69, 9.17) is 9.47 Å². The molecule has 0 bridgehead atoms. The van der Waals surface area contributed by atoms with Crippen molar-refractivity contribution in [3.63, 3.8) is 0 Å². The van der Waals surface area contributed by atoms with Gasteiger partial charge in [0.1, 0.15) is 0 Å². The van der Waals surface area contributed by atoms with Crippen LogP contribution in [0.1, 0.15) is 24.2 Å². The van der Waals surface area contributed by atoms with Gasteiger partial charge in [0, 0.05) is 47.0 Å². The van der Waals surface area contributed by atoms with Crippen molar-refractivity contribution in [3.8, 4) is 0 Å². The van der Waals surface area contributed by atoms with Crippen LogP contribution in [-0.2, 0) is 19.1 Å². The van der Waals surface area contributed by atoms with Gasteiger partial charge in [-0.15, -0.1) is 0 Å². The van der Waals surface area contributed by atoms with Crippen LogP contribution in [0.15, 0.2) is 64.4 Å². The largest absolute Gasteiger partial charge is 0.412 e. The fourth-order valence-electron chi connectivity index (χ4n) is 3.56. The number of nitrogens with zero attached hydrogens (tertiary/aromatic N) is 2. The van der Waals surface area contributed by atoms with Gasteiger partial charge in [0.05, 0.1) is 11.4 Å². The van der Waals surface area contributed by atoms with E-state index in [0.29, 0.717) is 6.54 Å². The number of likely N-dealkylation sites (N-methyl/N-ethyl adjacent to an activating group) is 1. The highest BCUT2D eigenvalue weighted by atomic mass is 32.2. The van der Waals surface area contributed by atoms with Gasteiger partial charge in [0.2, 0.25) is 5.78 Å². The molecule has 0 N–H and O–H groups in total. The first-order valence-electron chi connectivity index (χ1n) is 10.2. The Hall–Kier alpha value is -3.10. The van der Waals surface area contributed by atoms with Crippen molar-refractivity contribution in [2.24, 2.45) is 0 Å². The number of anilines is 2. The topological polar surface area (TPSA) is 76.1 Å². The summed E-state index contributed by atoms with van der Waals surface area (Å²) in [6.45, 7) is 4.13. The summed E-state index contributed by atoms with van der Waals surface area (Å²) in [6.07, 6.45) is 1.90. The molecule has 2 aliphatic rings. The van der Waals surface area contributed by atoms with Crippen LogP contribution >= 0.6 is 11.8 Å². The Morgan fingerprint density at radius 3 is 2.31 bits per heavy atom. The maximum atomic E-state index is 13.3. The summed E-state index contributed by atoms with van der Waals surface area (Å²) >= 11 is 1.63. The smallest absolute Gasteiger partial charge is 0.334 e. The number of ketones is 1. The lowest BCUT2D eigenvalue weighted by atomic mass is 10.0. The fraction of sp³-hybridized carbons (Fsp3) is 0.292. The number of para-hydroxylation sites is 1. The Labute approximate surface area is 191 Å². The lowest BCUT2D eigenvalue weighted by molar-refractivity contribution is -0.196. The van der Waals surface area contributed by atoms with Crippen molar-refractivity contribution in [2.75, 3.05) is 25.5 Å². The van der Waals surface area contributed by atoms with E-state index in [9.17, 15) is 14.4 Å². The Morgan fingerprint density at radius 1 is 1.03 bits per heavy atom. The first kappa shape index (κ1) is 22.1. The summed E-state index contributed by atoms with van der Waals surface area (Å²) in [4.78, 5) is 43.5. The molecule has 0 amide bonds. The second-order valence-electron chi connectivity index (χ2n) is 8.13. The van der Waals surface area contributed by atoms with Gasteiger partial charge < -0.3 is 19.3 Å². The van der Waals surface area contributed by atoms with Gasteiger partial charge in [-0.3, -0.25) is 4.79 Å². The van der Waals surface area contributed by atoms with E-state index in [0.717, 1.165) is 33.3 Å². The zero-order valence-corrected chi connectivity index (χ0v) is 19.1. The van der Waals surface area contributed by atoms with Crippen LogP contribution < -0.4 is 4.90 Å². The molecule has 0 fully saturated rings. The second kappa shape index (κ2) is 8.44. The van der Waals surface area contributed by atoms with Crippen LogP contribution in [0.2, 0.25) is 0 Å². The monoisotopic (exact) mass is 452 g/mol. The van der Waals surface area contributed by atoms with Crippen molar-refractivity contribution in [1.29, 1.82) is 0 Å². The predicted molar refractivity (Wildman–Crippen MR) is 121 cm³/mol. The van der Waals surface area contributed by atoms with Crippen molar-refractivity contribution >= 4 is 40.9 Å². The maximum absolute atomic E-state index is 13.3. The number of esters is 2. The molecular formula is C24H24N2O5S. The second-order valence-corrected chi connectivity index (χ2v) is 9.21. The normalized spacial score (nSPS) is 17.7. The number of carbonyl (C=O) groups is 3. The fourth-order valence-corrected chi connectivity index (χ4v) is 4.63. The average molecular weight is 453 g/mol. The number of rotatable bonds is 5. The number of cyclic esters (lactones) is 2. The van der Waals surface area contributed by atoms with E-state index in [2.05, 4.69) is 28.9 Å². The third-order valence-corrected chi connectivity index (χ3v) is 6.71. The minimum absolute atomic E-state index is 0.241. The molecule has 0 radical (unpaired) electrons. The van der Waals surface area contributed by atoms with E-state index in [-0.39, 0.29) is 11.6 Å². The first-order valence-corrected chi connectivity index (χ1v) is 11.0. The minimum atomic E-state index is -2.03. The molecule has 8 heteroatoms. The average Bonchev–Trinajstić information content (AvgIpc) is 2.89. The number of Topliss-reactive ketones (excluding diaryl/α,β-unsaturated/α-hetero) is 1. The van der Waals surface area contributed by atoms with Gasteiger partial charge in [-0.05, 0) is 51.4 Å². The van der Waals surface area contributed by atoms with E-state index in [1.165, 1.54) is 6.92 Å². The highest BCUT2D eigenvalue weighted by Crippen LogP contribution is 2.48. The summed E-state index contributed by atoms with van der Waals surface area (Å²) in [5.74, 6) is -4.26. The Morgan fingerprint density at radius 2 is 1.66 bits per heavy atom. The van der Waals surface area contributed by atoms with Crippen LogP contribution in [0.5, 0.6) is 0 Å². The predicted octanol–water partition coefficient (Wildman–Crippen LogP) is 3.79. The minimum Gasteiger partial charge on any atom is -0.412 e. The molecule has 2 aromatic rings. The van der Waals surface area contributed by atoms with Crippen molar-refractivity contribution in [2.45, 2.75) is 35.5 Å². The maximum Gasteiger partial charge on any atom is 0.334 e. The first-order chi connectivity index (χ1) is 15.2. The zero-order chi connectivity index (χ0) is 23.0. The number of carbonyl (C=O) groups excluding carboxylic acids is 3. The highest BCUT2D eigenvalue weighted by Gasteiger charge is 2.43. The Kier molecular flexibility index (Phi) is 5.83. The zero-order valence-electron chi connectivity index (χ0n) is 18.3. The van der Waals surface area contributed by atoms with Crippen LogP contribution in [0.25, 0.3) is 0 Å². The van der Waals surface area contributed by atoms with E-state index < -0.39 is 23.5 Å².